The van der Waals surface area contributed by atoms with Gasteiger partial charge in [-0.15, -0.1) is 0 Å². The van der Waals surface area contributed by atoms with Crippen molar-refractivity contribution in [1.29, 1.82) is 0 Å². The van der Waals surface area contributed by atoms with Gasteiger partial charge >= 0.3 is 5.97 Å². The number of aromatic carboxylic acids is 1. The average molecular weight is 248 g/mol. The highest BCUT2D eigenvalue weighted by molar-refractivity contribution is 5.94. The van der Waals surface area contributed by atoms with Crippen LogP contribution in [0.1, 0.15) is 16.2 Å². The predicted octanol–water partition coefficient (Wildman–Crippen LogP) is 1.00. The van der Waals surface area contributed by atoms with E-state index < -0.39 is 5.97 Å². The molecule has 0 unspecified atom stereocenters. The fraction of sp³-hybridized carbons (Fsp3) is 0.182. The number of nitrogens with zero attached hydrogens (tertiary/aromatic N) is 2. The van der Waals surface area contributed by atoms with Crippen LogP contribution in [-0.2, 0) is 6.42 Å². The van der Waals surface area contributed by atoms with Crippen molar-refractivity contribution < 1.29 is 14.4 Å². The number of carbonyl (C=O) groups is 1. The Balaban J connectivity index is 1.94. The number of anilines is 2. The highest BCUT2D eigenvalue weighted by atomic mass is 16.5. The Kier molecular flexibility index (Phi) is 3.42. The summed E-state index contributed by atoms with van der Waals surface area (Å²) in [6.07, 6.45) is 1.88. The van der Waals surface area contributed by atoms with Crippen LogP contribution in [0.3, 0.4) is 0 Å². The molecule has 0 amide bonds. The van der Waals surface area contributed by atoms with Crippen LogP contribution in [-0.4, -0.2) is 27.8 Å². The van der Waals surface area contributed by atoms with E-state index in [2.05, 4.69) is 20.0 Å². The third-order valence-electron chi connectivity index (χ3n) is 2.37. The third-order valence-corrected chi connectivity index (χ3v) is 2.37. The molecule has 1 aromatic carbocycles. The van der Waals surface area contributed by atoms with Crippen LogP contribution >= 0.6 is 0 Å². The van der Waals surface area contributed by atoms with Crippen molar-refractivity contribution in [2.75, 3.05) is 17.6 Å². The molecule has 0 bridgehead atoms. The summed E-state index contributed by atoms with van der Waals surface area (Å²) < 4.78 is 4.60. The van der Waals surface area contributed by atoms with Gasteiger partial charge in [0.15, 0.2) is 5.82 Å². The molecular formula is C11H12N4O3. The standard InChI is InChI=1S/C11H12N4O3/c12-9-5-7(1-2-8(9)11(16)17)13-4-3-10-14-6-18-15-10/h1-2,5-6,13H,3-4,12H2,(H,16,17). The smallest absolute Gasteiger partial charge is 0.337 e. The molecule has 2 aromatic rings. The first-order valence-corrected chi connectivity index (χ1v) is 5.29. The molecule has 94 valence electrons. The van der Waals surface area contributed by atoms with Crippen molar-refractivity contribution in [3.63, 3.8) is 0 Å². The lowest BCUT2D eigenvalue weighted by Crippen LogP contribution is -2.08. The predicted molar refractivity (Wildman–Crippen MR) is 64.3 cm³/mol. The highest BCUT2D eigenvalue weighted by Gasteiger charge is 2.07. The molecule has 0 aliphatic rings. The second-order valence-corrected chi connectivity index (χ2v) is 3.63. The minimum absolute atomic E-state index is 0.0960. The van der Waals surface area contributed by atoms with E-state index in [-0.39, 0.29) is 11.3 Å². The maximum absolute atomic E-state index is 10.8. The van der Waals surface area contributed by atoms with Gasteiger partial charge in [0, 0.05) is 24.3 Å². The summed E-state index contributed by atoms with van der Waals surface area (Å²) in [4.78, 5) is 14.7. The molecule has 0 spiro atoms. The molecular weight excluding hydrogens is 236 g/mol. The Morgan fingerprint density at radius 3 is 2.94 bits per heavy atom. The Morgan fingerprint density at radius 1 is 1.50 bits per heavy atom. The lowest BCUT2D eigenvalue weighted by Gasteiger charge is -2.07. The summed E-state index contributed by atoms with van der Waals surface area (Å²) in [7, 11) is 0. The van der Waals surface area contributed by atoms with Gasteiger partial charge in [0.05, 0.1) is 5.56 Å². The first-order chi connectivity index (χ1) is 8.66. The van der Waals surface area contributed by atoms with E-state index in [4.69, 9.17) is 10.8 Å². The quantitative estimate of drug-likeness (QED) is 0.676. The summed E-state index contributed by atoms with van der Waals surface area (Å²) in [5.41, 5.74) is 6.70. The molecule has 0 fully saturated rings. The second-order valence-electron chi connectivity index (χ2n) is 3.63. The minimum Gasteiger partial charge on any atom is -0.478 e. The van der Waals surface area contributed by atoms with E-state index >= 15 is 0 Å². The first-order valence-electron chi connectivity index (χ1n) is 5.29. The van der Waals surface area contributed by atoms with Gasteiger partial charge in [-0.2, -0.15) is 4.98 Å². The molecule has 7 heteroatoms. The second kappa shape index (κ2) is 5.17. The maximum Gasteiger partial charge on any atom is 0.337 e. The number of nitrogens with two attached hydrogens (primary N) is 1. The van der Waals surface area contributed by atoms with E-state index in [0.29, 0.717) is 18.8 Å². The van der Waals surface area contributed by atoms with Crippen LogP contribution in [0.2, 0.25) is 0 Å². The van der Waals surface area contributed by atoms with Crippen molar-refractivity contribution in [1.82, 2.24) is 10.1 Å². The van der Waals surface area contributed by atoms with Crippen molar-refractivity contribution in [2.45, 2.75) is 6.42 Å². The van der Waals surface area contributed by atoms with E-state index in [0.717, 1.165) is 5.69 Å². The lowest BCUT2D eigenvalue weighted by atomic mass is 10.1. The summed E-state index contributed by atoms with van der Waals surface area (Å²) in [5, 5.41) is 15.6. The zero-order valence-electron chi connectivity index (χ0n) is 9.46. The monoisotopic (exact) mass is 248 g/mol. The number of rotatable bonds is 5. The van der Waals surface area contributed by atoms with Crippen molar-refractivity contribution in [2.24, 2.45) is 0 Å². The van der Waals surface area contributed by atoms with Gasteiger partial charge in [0.2, 0.25) is 6.39 Å². The number of benzene rings is 1. The highest BCUT2D eigenvalue weighted by Crippen LogP contribution is 2.17. The molecule has 18 heavy (non-hydrogen) atoms. The summed E-state index contributed by atoms with van der Waals surface area (Å²) in [6.45, 7) is 0.603. The van der Waals surface area contributed by atoms with E-state index in [1.165, 1.54) is 12.5 Å². The van der Waals surface area contributed by atoms with E-state index in [9.17, 15) is 4.79 Å². The summed E-state index contributed by atoms with van der Waals surface area (Å²) in [6, 6.07) is 4.71. The molecule has 1 heterocycles. The zero-order valence-corrected chi connectivity index (χ0v) is 9.46. The maximum atomic E-state index is 10.8. The third kappa shape index (κ3) is 2.76. The number of hydrogen-bond acceptors (Lipinski definition) is 6. The summed E-state index contributed by atoms with van der Waals surface area (Å²) in [5.74, 6) is -0.427. The first kappa shape index (κ1) is 11.9. The van der Waals surface area contributed by atoms with Gasteiger partial charge in [-0.25, -0.2) is 4.79 Å². The molecule has 0 radical (unpaired) electrons. The molecule has 0 atom stereocenters. The number of aromatic nitrogens is 2. The molecule has 1 aromatic heterocycles. The molecule has 4 N–H and O–H groups in total. The number of nitrogen functional groups attached to an aromatic ring is 1. The normalized spacial score (nSPS) is 10.2. The van der Waals surface area contributed by atoms with Gasteiger partial charge in [0.25, 0.3) is 0 Å². The molecule has 0 saturated heterocycles. The SMILES string of the molecule is Nc1cc(NCCc2ncon2)ccc1C(=O)O. The molecule has 7 nitrogen and oxygen atoms in total. The van der Waals surface area contributed by atoms with Crippen molar-refractivity contribution in [3.05, 3.63) is 36.0 Å². The van der Waals surface area contributed by atoms with Crippen molar-refractivity contribution in [3.8, 4) is 0 Å². The van der Waals surface area contributed by atoms with Gasteiger partial charge in [-0.3, -0.25) is 0 Å². The Hall–Kier alpha value is -2.57. The van der Waals surface area contributed by atoms with Crippen LogP contribution in [0.15, 0.2) is 29.1 Å². The van der Waals surface area contributed by atoms with Crippen LogP contribution in [0.5, 0.6) is 0 Å². The van der Waals surface area contributed by atoms with Crippen LogP contribution in [0.4, 0.5) is 11.4 Å². The number of carboxylic acid groups (broad SMARTS) is 1. The Morgan fingerprint density at radius 2 is 2.33 bits per heavy atom. The molecule has 2 rings (SSSR count). The number of nitrogens with one attached hydrogen (secondary N) is 1. The Labute approximate surface area is 103 Å². The topological polar surface area (TPSA) is 114 Å². The molecule has 0 aliphatic heterocycles. The molecule has 0 saturated carbocycles. The van der Waals surface area contributed by atoms with Crippen LogP contribution < -0.4 is 11.1 Å². The number of hydrogen-bond donors (Lipinski definition) is 3. The van der Waals surface area contributed by atoms with Crippen molar-refractivity contribution >= 4 is 17.3 Å². The largest absolute Gasteiger partial charge is 0.478 e. The van der Waals surface area contributed by atoms with E-state index in [1.54, 1.807) is 12.1 Å². The lowest BCUT2D eigenvalue weighted by molar-refractivity contribution is 0.0698. The van der Waals surface area contributed by atoms with Crippen LogP contribution in [0.25, 0.3) is 0 Å². The average Bonchev–Trinajstić information content (AvgIpc) is 2.81. The molecule has 0 aliphatic carbocycles. The van der Waals surface area contributed by atoms with E-state index in [1.807, 2.05) is 0 Å². The fourth-order valence-corrected chi connectivity index (χ4v) is 1.49. The zero-order chi connectivity index (χ0) is 13.0. The Bertz CT molecular complexity index is 539. The fourth-order valence-electron chi connectivity index (χ4n) is 1.49. The van der Waals surface area contributed by atoms with Crippen LogP contribution in [0, 0.1) is 0 Å². The van der Waals surface area contributed by atoms with Gasteiger partial charge in [0.1, 0.15) is 0 Å². The van der Waals surface area contributed by atoms with Gasteiger partial charge in [-0.1, -0.05) is 5.16 Å². The minimum atomic E-state index is -1.04. The number of carboxylic acids is 1. The van der Waals surface area contributed by atoms with Gasteiger partial charge in [-0.05, 0) is 18.2 Å². The van der Waals surface area contributed by atoms with Gasteiger partial charge < -0.3 is 20.7 Å². The summed E-state index contributed by atoms with van der Waals surface area (Å²) >= 11 is 0.